The van der Waals surface area contributed by atoms with Crippen LogP contribution in [0.5, 0.6) is 5.75 Å². The second kappa shape index (κ2) is 5.19. The van der Waals surface area contributed by atoms with Crippen LogP contribution in [0.1, 0.15) is 24.5 Å². The van der Waals surface area contributed by atoms with Crippen LogP contribution in [0, 0.1) is 24.6 Å². The molecule has 4 heteroatoms. The molecule has 0 aliphatic rings. The smallest absolute Gasteiger partial charge is 0.344 e. The maximum atomic E-state index is 14.2. The maximum absolute atomic E-state index is 14.2. The SMILES string of the molecule is CCC#Cc1cc2c(=O)oc3cc(O)c(C)cc3c2cc1F. The molecule has 0 spiro atoms. The summed E-state index contributed by atoms with van der Waals surface area (Å²) >= 11 is 0. The Morgan fingerprint density at radius 1 is 1.18 bits per heavy atom. The molecule has 0 amide bonds. The quantitative estimate of drug-likeness (QED) is 0.389. The molecule has 0 bridgehead atoms. The summed E-state index contributed by atoms with van der Waals surface area (Å²) in [6, 6.07) is 5.76. The molecule has 0 unspecified atom stereocenters. The largest absolute Gasteiger partial charge is 0.508 e. The van der Waals surface area contributed by atoms with E-state index in [1.807, 2.05) is 6.92 Å². The van der Waals surface area contributed by atoms with Crippen molar-refractivity contribution in [2.24, 2.45) is 0 Å². The summed E-state index contributed by atoms with van der Waals surface area (Å²) in [6.07, 6.45) is 0.599. The van der Waals surface area contributed by atoms with Gasteiger partial charge in [-0.1, -0.05) is 18.8 Å². The molecule has 0 saturated heterocycles. The third-order valence-corrected chi connectivity index (χ3v) is 3.52. The zero-order valence-corrected chi connectivity index (χ0v) is 12.2. The van der Waals surface area contributed by atoms with Crippen molar-refractivity contribution in [1.29, 1.82) is 0 Å². The molecule has 1 N–H and O–H groups in total. The number of fused-ring (bicyclic) bond motifs is 3. The third kappa shape index (κ3) is 2.21. The van der Waals surface area contributed by atoms with Crippen molar-refractivity contribution in [2.45, 2.75) is 20.3 Å². The summed E-state index contributed by atoms with van der Waals surface area (Å²) in [4.78, 5) is 12.1. The molecule has 0 atom stereocenters. The van der Waals surface area contributed by atoms with Gasteiger partial charge in [-0.25, -0.2) is 9.18 Å². The van der Waals surface area contributed by atoms with Crippen molar-refractivity contribution in [3.63, 3.8) is 0 Å². The molecule has 0 fully saturated rings. The van der Waals surface area contributed by atoms with Crippen LogP contribution in [0.15, 0.2) is 33.5 Å². The van der Waals surface area contributed by atoms with E-state index >= 15 is 0 Å². The Hall–Kier alpha value is -2.80. The molecule has 110 valence electrons. The Bertz CT molecular complexity index is 1020. The number of aryl methyl sites for hydroxylation is 1. The Balaban J connectivity index is 2.46. The van der Waals surface area contributed by atoms with Crippen LogP contribution in [0.4, 0.5) is 4.39 Å². The summed E-state index contributed by atoms with van der Waals surface area (Å²) in [5.74, 6) is 5.04. The normalized spacial score (nSPS) is 10.7. The first kappa shape index (κ1) is 14.2. The number of hydrogen-bond donors (Lipinski definition) is 1. The van der Waals surface area contributed by atoms with Gasteiger partial charge in [0, 0.05) is 23.3 Å². The first-order chi connectivity index (χ1) is 10.5. The Morgan fingerprint density at radius 2 is 1.95 bits per heavy atom. The van der Waals surface area contributed by atoms with Crippen molar-refractivity contribution >= 4 is 21.7 Å². The molecule has 0 saturated carbocycles. The predicted molar refractivity (Wildman–Crippen MR) is 83.5 cm³/mol. The molecule has 3 aromatic rings. The van der Waals surface area contributed by atoms with E-state index in [9.17, 15) is 14.3 Å². The van der Waals surface area contributed by atoms with Crippen LogP contribution >= 0.6 is 0 Å². The van der Waals surface area contributed by atoms with Gasteiger partial charge in [0.05, 0.1) is 10.9 Å². The van der Waals surface area contributed by atoms with Crippen molar-refractivity contribution in [1.82, 2.24) is 0 Å². The molecular weight excluding hydrogens is 283 g/mol. The van der Waals surface area contributed by atoms with E-state index in [-0.39, 0.29) is 22.3 Å². The minimum absolute atomic E-state index is 0.0286. The van der Waals surface area contributed by atoms with Crippen LogP contribution in [-0.4, -0.2) is 5.11 Å². The van der Waals surface area contributed by atoms with Crippen molar-refractivity contribution in [2.75, 3.05) is 0 Å². The standard InChI is InChI=1S/C18H13FO3/c1-3-4-5-11-7-14-12(8-15(11)19)13-6-10(2)16(20)9-17(13)22-18(14)21/h6-9,20H,3H2,1-2H3. The van der Waals surface area contributed by atoms with Gasteiger partial charge in [-0.3, -0.25) is 0 Å². The average molecular weight is 296 g/mol. The van der Waals surface area contributed by atoms with Crippen molar-refractivity contribution in [3.05, 3.63) is 51.6 Å². The van der Waals surface area contributed by atoms with Crippen LogP contribution in [0.3, 0.4) is 0 Å². The highest BCUT2D eigenvalue weighted by atomic mass is 19.1. The lowest BCUT2D eigenvalue weighted by Crippen LogP contribution is -2.01. The van der Waals surface area contributed by atoms with E-state index in [1.165, 1.54) is 18.2 Å². The molecule has 22 heavy (non-hydrogen) atoms. The van der Waals surface area contributed by atoms with Gasteiger partial charge in [-0.15, -0.1) is 0 Å². The summed E-state index contributed by atoms with van der Waals surface area (Å²) in [6.45, 7) is 3.59. The number of phenolic OH excluding ortho intramolecular Hbond substituents is 1. The summed E-state index contributed by atoms with van der Waals surface area (Å²) in [5, 5.41) is 11.0. The number of phenols is 1. The average Bonchev–Trinajstić information content (AvgIpc) is 2.48. The second-order valence-corrected chi connectivity index (χ2v) is 5.06. The van der Waals surface area contributed by atoms with E-state index in [0.717, 1.165) is 0 Å². The minimum Gasteiger partial charge on any atom is -0.508 e. The van der Waals surface area contributed by atoms with Gasteiger partial charge in [0.25, 0.3) is 0 Å². The van der Waals surface area contributed by atoms with Crippen LogP contribution < -0.4 is 5.63 Å². The highest BCUT2D eigenvalue weighted by Crippen LogP contribution is 2.29. The van der Waals surface area contributed by atoms with E-state index < -0.39 is 11.4 Å². The van der Waals surface area contributed by atoms with Gasteiger partial charge in [0.2, 0.25) is 0 Å². The number of hydrogen-bond acceptors (Lipinski definition) is 3. The molecule has 0 aliphatic heterocycles. The fourth-order valence-corrected chi connectivity index (χ4v) is 2.37. The molecule has 3 rings (SSSR count). The lowest BCUT2D eigenvalue weighted by Gasteiger charge is -2.06. The van der Waals surface area contributed by atoms with Crippen LogP contribution in [0.25, 0.3) is 21.7 Å². The van der Waals surface area contributed by atoms with Gasteiger partial charge in [0.15, 0.2) is 0 Å². The monoisotopic (exact) mass is 296 g/mol. The molecule has 3 nitrogen and oxygen atoms in total. The Morgan fingerprint density at radius 3 is 2.68 bits per heavy atom. The fourth-order valence-electron chi connectivity index (χ4n) is 2.37. The van der Waals surface area contributed by atoms with Gasteiger partial charge >= 0.3 is 5.63 Å². The highest BCUT2D eigenvalue weighted by molar-refractivity contribution is 6.05. The molecular formula is C18H13FO3. The first-order valence-corrected chi connectivity index (χ1v) is 6.90. The topological polar surface area (TPSA) is 50.4 Å². The second-order valence-electron chi connectivity index (χ2n) is 5.06. The fraction of sp³-hybridized carbons (Fsp3) is 0.167. The summed E-state index contributed by atoms with van der Waals surface area (Å²) < 4.78 is 19.4. The number of rotatable bonds is 0. The lowest BCUT2D eigenvalue weighted by atomic mass is 10.0. The van der Waals surface area contributed by atoms with Crippen molar-refractivity contribution in [3.8, 4) is 17.6 Å². The number of halogens is 1. The molecule has 1 aromatic heterocycles. The van der Waals surface area contributed by atoms with Gasteiger partial charge < -0.3 is 9.52 Å². The number of benzene rings is 2. The maximum Gasteiger partial charge on any atom is 0.344 e. The molecule has 0 radical (unpaired) electrons. The van der Waals surface area contributed by atoms with Gasteiger partial charge in [0.1, 0.15) is 17.1 Å². The Kier molecular flexibility index (Phi) is 3.34. The van der Waals surface area contributed by atoms with E-state index in [2.05, 4.69) is 11.8 Å². The Labute approximate surface area is 126 Å². The van der Waals surface area contributed by atoms with Crippen LogP contribution in [0.2, 0.25) is 0 Å². The van der Waals surface area contributed by atoms with Gasteiger partial charge in [-0.2, -0.15) is 0 Å². The van der Waals surface area contributed by atoms with E-state index in [1.54, 1.807) is 13.0 Å². The minimum atomic E-state index is -0.578. The van der Waals surface area contributed by atoms with Crippen molar-refractivity contribution < 1.29 is 13.9 Å². The zero-order valence-electron chi connectivity index (χ0n) is 12.2. The molecule has 1 heterocycles. The third-order valence-electron chi connectivity index (χ3n) is 3.52. The lowest BCUT2D eigenvalue weighted by molar-refractivity contribution is 0.469. The van der Waals surface area contributed by atoms with E-state index in [0.29, 0.717) is 22.8 Å². The molecule has 0 aliphatic carbocycles. The zero-order chi connectivity index (χ0) is 15.9. The van der Waals surface area contributed by atoms with Gasteiger partial charge in [-0.05, 0) is 30.7 Å². The highest BCUT2D eigenvalue weighted by Gasteiger charge is 2.13. The van der Waals surface area contributed by atoms with Crippen LogP contribution in [-0.2, 0) is 0 Å². The van der Waals surface area contributed by atoms with E-state index in [4.69, 9.17) is 4.42 Å². The summed E-state index contributed by atoms with van der Waals surface area (Å²) in [7, 11) is 0. The number of aromatic hydroxyl groups is 1. The summed E-state index contributed by atoms with van der Waals surface area (Å²) in [5.41, 5.74) is 0.451. The molecule has 2 aromatic carbocycles. The predicted octanol–water partition coefficient (Wildman–Crippen LogP) is 3.86. The first-order valence-electron chi connectivity index (χ1n) is 6.90.